The van der Waals surface area contributed by atoms with Crippen LogP contribution < -0.4 is 0 Å². The van der Waals surface area contributed by atoms with Crippen LogP contribution in [0, 0.1) is 20.8 Å². The maximum atomic E-state index is 4.69. The number of para-hydroxylation sites is 1. The minimum Gasteiger partial charge on any atom is -0.296 e. The molecule has 0 amide bonds. The van der Waals surface area contributed by atoms with E-state index in [1.54, 1.807) is 0 Å². The second kappa shape index (κ2) is 4.49. The van der Waals surface area contributed by atoms with E-state index < -0.39 is 0 Å². The van der Waals surface area contributed by atoms with Crippen molar-refractivity contribution in [2.24, 2.45) is 0 Å². The van der Waals surface area contributed by atoms with Gasteiger partial charge < -0.3 is 0 Å². The third kappa shape index (κ3) is 1.98. The smallest absolute Gasteiger partial charge is 0.111 e. The molecule has 1 aromatic heterocycles. The van der Waals surface area contributed by atoms with Gasteiger partial charge in [0.05, 0.1) is 11.2 Å². The molecular weight excluding hydrogens is 300 g/mol. The Balaban J connectivity index is 2.42. The van der Waals surface area contributed by atoms with Gasteiger partial charge in [-0.05, 0) is 66.0 Å². The third-order valence-electron chi connectivity index (χ3n) is 3.38. The predicted octanol–water partition coefficient (Wildman–Crippen LogP) is 4.71. The third-order valence-corrected chi connectivity index (χ3v) is 3.99. The molecule has 0 aliphatic heterocycles. The van der Waals surface area contributed by atoms with Crippen LogP contribution in [0.3, 0.4) is 0 Å². The van der Waals surface area contributed by atoms with Crippen molar-refractivity contribution in [3.05, 3.63) is 57.8 Å². The minimum absolute atomic E-state index is 1.01. The van der Waals surface area contributed by atoms with Gasteiger partial charge in [-0.3, -0.25) is 4.57 Å². The Kier molecular flexibility index (Phi) is 2.94. The molecule has 0 fully saturated rings. The van der Waals surface area contributed by atoms with Crippen LogP contribution in [0.2, 0.25) is 0 Å². The SMILES string of the molecule is Cc1cc(Br)c2nc(C)n(-c3ccccc3C)c2c1. The van der Waals surface area contributed by atoms with E-state index in [-0.39, 0.29) is 0 Å². The Hall–Kier alpha value is -1.61. The first-order chi connectivity index (χ1) is 9.08. The summed E-state index contributed by atoms with van der Waals surface area (Å²) in [4.78, 5) is 4.69. The second-order valence-corrected chi connectivity index (χ2v) is 5.75. The van der Waals surface area contributed by atoms with Gasteiger partial charge in [0.1, 0.15) is 11.3 Å². The Labute approximate surface area is 121 Å². The van der Waals surface area contributed by atoms with Gasteiger partial charge in [0.25, 0.3) is 0 Å². The van der Waals surface area contributed by atoms with Crippen LogP contribution in [-0.4, -0.2) is 9.55 Å². The van der Waals surface area contributed by atoms with Crippen LogP contribution in [0.15, 0.2) is 40.9 Å². The summed E-state index contributed by atoms with van der Waals surface area (Å²) < 4.78 is 3.28. The molecule has 0 saturated heterocycles. The summed E-state index contributed by atoms with van der Waals surface area (Å²) in [7, 11) is 0. The van der Waals surface area contributed by atoms with Crippen LogP contribution in [0.1, 0.15) is 17.0 Å². The molecule has 0 N–H and O–H groups in total. The molecule has 3 rings (SSSR count). The van der Waals surface area contributed by atoms with Crippen molar-refractivity contribution in [1.82, 2.24) is 9.55 Å². The van der Waals surface area contributed by atoms with E-state index in [2.05, 4.69) is 75.7 Å². The first-order valence-electron chi connectivity index (χ1n) is 6.29. The first-order valence-corrected chi connectivity index (χ1v) is 7.08. The van der Waals surface area contributed by atoms with Crippen LogP contribution in [0.25, 0.3) is 16.7 Å². The molecule has 0 unspecified atom stereocenters. The van der Waals surface area contributed by atoms with Crippen LogP contribution in [0.5, 0.6) is 0 Å². The number of hydrogen-bond donors (Lipinski definition) is 0. The van der Waals surface area contributed by atoms with Gasteiger partial charge in [0.2, 0.25) is 0 Å². The average Bonchev–Trinajstić information content (AvgIpc) is 2.67. The van der Waals surface area contributed by atoms with Gasteiger partial charge in [0.15, 0.2) is 0 Å². The number of hydrogen-bond acceptors (Lipinski definition) is 1. The highest BCUT2D eigenvalue weighted by Crippen LogP contribution is 2.29. The molecule has 0 bridgehead atoms. The topological polar surface area (TPSA) is 17.8 Å². The van der Waals surface area contributed by atoms with Crippen molar-refractivity contribution in [3.63, 3.8) is 0 Å². The Morgan fingerprint density at radius 3 is 2.53 bits per heavy atom. The number of halogens is 1. The van der Waals surface area contributed by atoms with E-state index in [9.17, 15) is 0 Å². The molecule has 96 valence electrons. The van der Waals surface area contributed by atoms with Gasteiger partial charge in [-0.15, -0.1) is 0 Å². The Morgan fingerprint density at radius 2 is 1.79 bits per heavy atom. The van der Waals surface area contributed by atoms with Crippen molar-refractivity contribution in [3.8, 4) is 5.69 Å². The lowest BCUT2D eigenvalue weighted by atomic mass is 10.2. The summed E-state index contributed by atoms with van der Waals surface area (Å²) >= 11 is 3.61. The fourth-order valence-electron chi connectivity index (χ4n) is 2.50. The minimum atomic E-state index is 1.01. The van der Waals surface area contributed by atoms with Crippen molar-refractivity contribution >= 4 is 27.0 Å². The van der Waals surface area contributed by atoms with E-state index in [4.69, 9.17) is 0 Å². The molecule has 0 radical (unpaired) electrons. The maximum Gasteiger partial charge on any atom is 0.111 e. The fourth-order valence-corrected chi connectivity index (χ4v) is 3.15. The molecule has 0 atom stereocenters. The lowest BCUT2D eigenvalue weighted by Gasteiger charge is -2.10. The second-order valence-electron chi connectivity index (χ2n) is 4.90. The highest BCUT2D eigenvalue weighted by Gasteiger charge is 2.13. The molecule has 0 aliphatic carbocycles. The summed E-state index contributed by atoms with van der Waals surface area (Å²) in [5, 5.41) is 0. The Bertz CT molecular complexity index is 772. The molecular formula is C16H15BrN2. The average molecular weight is 315 g/mol. The van der Waals surface area contributed by atoms with Crippen molar-refractivity contribution in [2.75, 3.05) is 0 Å². The van der Waals surface area contributed by atoms with Crippen LogP contribution >= 0.6 is 15.9 Å². The van der Waals surface area contributed by atoms with E-state index >= 15 is 0 Å². The number of nitrogens with zero attached hydrogens (tertiary/aromatic N) is 2. The molecule has 0 aliphatic rings. The van der Waals surface area contributed by atoms with Gasteiger partial charge in [-0.25, -0.2) is 4.98 Å². The van der Waals surface area contributed by atoms with Crippen LogP contribution in [-0.2, 0) is 0 Å². The largest absolute Gasteiger partial charge is 0.296 e. The number of rotatable bonds is 1. The predicted molar refractivity (Wildman–Crippen MR) is 83.0 cm³/mol. The van der Waals surface area contributed by atoms with Gasteiger partial charge >= 0.3 is 0 Å². The summed E-state index contributed by atoms with van der Waals surface area (Å²) in [6, 6.07) is 12.7. The molecule has 3 aromatic rings. The monoisotopic (exact) mass is 314 g/mol. The van der Waals surface area contributed by atoms with Crippen molar-refractivity contribution < 1.29 is 0 Å². The number of aromatic nitrogens is 2. The van der Waals surface area contributed by atoms with Crippen LogP contribution in [0.4, 0.5) is 0 Å². The molecule has 0 saturated carbocycles. The zero-order chi connectivity index (χ0) is 13.6. The van der Waals surface area contributed by atoms with Crippen molar-refractivity contribution in [1.29, 1.82) is 0 Å². The molecule has 1 heterocycles. The van der Waals surface area contributed by atoms with Crippen molar-refractivity contribution in [2.45, 2.75) is 20.8 Å². The summed E-state index contributed by atoms with van der Waals surface area (Å²) in [5.41, 5.74) is 5.85. The molecule has 3 heteroatoms. The highest BCUT2D eigenvalue weighted by atomic mass is 79.9. The fraction of sp³-hybridized carbons (Fsp3) is 0.188. The number of benzene rings is 2. The van der Waals surface area contributed by atoms with Gasteiger partial charge in [-0.2, -0.15) is 0 Å². The first kappa shape index (κ1) is 12.4. The summed E-state index contributed by atoms with van der Waals surface area (Å²) in [5.74, 6) is 1.01. The maximum absolute atomic E-state index is 4.69. The highest BCUT2D eigenvalue weighted by molar-refractivity contribution is 9.10. The molecule has 2 aromatic carbocycles. The lowest BCUT2D eigenvalue weighted by molar-refractivity contribution is 0.990. The molecule has 19 heavy (non-hydrogen) atoms. The van der Waals surface area contributed by atoms with Gasteiger partial charge in [0, 0.05) is 4.47 Å². The summed E-state index contributed by atoms with van der Waals surface area (Å²) in [6.07, 6.45) is 0. The summed E-state index contributed by atoms with van der Waals surface area (Å²) in [6.45, 7) is 6.29. The molecule has 2 nitrogen and oxygen atoms in total. The van der Waals surface area contributed by atoms with E-state index in [0.29, 0.717) is 0 Å². The van der Waals surface area contributed by atoms with E-state index in [1.807, 2.05) is 6.92 Å². The number of aryl methyl sites for hydroxylation is 3. The van der Waals surface area contributed by atoms with E-state index in [1.165, 1.54) is 16.8 Å². The zero-order valence-corrected chi connectivity index (χ0v) is 12.8. The quantitative estimate of drug-likeness (QED) is 0.636. The lowest BCUT2D eigenvalue weighted by Crippen LogP contribution is -1.99. The zero-order valence-electron chi connectivity index (χ0n) is 11.2. The number of fused-ring (bicyclic) bond motifs is 1. The van der Waals surface area contributed by atoms with E-state index in [0.717, 1.165) is 21.3 Å². The standard InChI is InChI=1S/C16H15BrN2/c1-10-8-13(17)16-15(9-10)19(12(3)18-16)14-7-5-4-6-11(14)2/h4-9H,1-3H3. The van der Waals surface area contributed by atoms with Gasteiger partial charge in [-0.1, -0.05) is 18.2 Å². The normalized spacial score (nSPS) is 11.2. The molecule has 0 spiro atoms. The number of imidazole rings is 1. The Morgan fingerprint density at radius 1 is 1.05 bits per heavy atom.